The first kappa shape index (κ1) is 16.1. The molecule has 1 unspecified atom stereocenters. The van der Waals surface area contributed by atoms with Gasteiger partial charge in [0.1, 0.15) is 18.5 Å². The number of aliphatic hydroxyl groups is 1. The van der Waals surface area contributed by atoms with Gasteiger partial charge in [0.25, 0.3) is 0 Å². The fourth-order valence-electron chi connectivity index (χ4n) is 3.37. The highest BCUT2D eigenvalue weighted by molar-refractivity contribution is 6.01. The van der Waals surface area contributed by atoms with Crippen LogP contribution in [0, 0.1) is 0 Å². The number of aliphatic hydroxyl groups excluding tert-OH is 1. The first-order valence-corrected chi connectivity index (χ1v) is 8.68. The molecule has 5 heteroatoms. The van der Waals surface area contributed by atoms with Gasteiger partial charge in [0.15, 0.2) is 0 Å². The minimum absolute atomic E-state index is 0.0489. The van der Waals surface area contributed by atoms with Gasteiger partial charge in [0.2, 0.25) is 0 Å². The Bertz CT molecular complexity index is 761. The zero-order valence-corrected chi connectivity index (χ0v) is 14.1. The van der Waals surface area contributed by atoms with Crippen LogP contribution in [0.25, 0.3) is 0 Å². The van der Waals surface area contributed by atoms with Crippen LogP contribution in [-0.4, -0.2) is 41.5 Å². The lowest BCUT2D eigenvalue weighted by Gasteiger charge is -2.22. The molecule has 0 radical (unpaired) electrons. The Morgan fingerprint density at radius 3 is 2.88 bits per heavy atom. The van der Waals surface area contributed by atoms with Gasteiger partial charge in [-0.25, -0.2) is 0 Å². The molecule has 0 saturated heterocycles. The van der Waals surface area contributed by atoms with Gasteiger partial charge >= 0.3 is 0 Å². The van der Waals surface area contributed by atoms with Crippen LogP contribution in [0.1, 0.15) is 23.1 Å². The predicted molar refractivity (Wildman–Crippen MR) is 95.6 cm³/mol. The summed E-state index contributed by atoms with van der Waals surface area (Å²) >= 11 is 0. The molecule has 4 rings (SSSR count). The number of nitrogens with zero attached hydrogens (tertiary/aromatic N) is 2. The largest absolute Gasteiger partial charge is 0.492 e. The van der Waals surface area contributed by atoms with E-state index in [2.05, 4.69) is 22.2 Å². The minimum Gasteiger partial charge on any atom is -0.492 e. The third-order valence-electron chi connectivity index (χ3n) is 4.67. The van der Waals surface area contributed by atoms with E-state index < -0.39 is 0 Å². The smallest absolute Gasteiger partial charge is 0.145 e. The molecule has 130 valence electrons. The highest BCUT2D eigenvalue weighted by atomic mass is 16.6. The van der Waals surface area contributed by atoms with E-state index >= 15 is 0 Å². The van der Waals surface area contributed by atoms with Gasteiger partial charge in [-0.05, 0) is 23.3 Å². The van der Waals surface area contributed by atoms with Crippen LogP contribution in [0.15, 0.2) is 53.7 Å². The van der Waals surface area contributed by atoms with E-state index in [1.807, 2.05) is 36.4 Å². The van der Waals surface area contributed by atoms with Crippen LogP contribution < -0.4 is 4.74 Å². The Hall–Kier alpha value is -2.37. The maximum absolute atomic E-state index is 9.35. The van der Waals surface area contributed by atoms with Crippen LogP contribution in [0.5, 0.6) is 5.75 Å². The molecule has 25 heavy (non-hydrogen) atoms. The third kappa shape index (κ3) is 3.67. The summed E-state index contributed by atoms with van der Waals surface area (Å²) in [5.41, 5.74) is 4.17. The molecule has 2 heterocycles. The summed E-state index contributed by atoms with van der Waals surface area (Å²) in [7, 11) is 0. The molecule has 2 aliphatic heterocycles. The highest BCUT2D eigenvalue weighted by Crippen LogP contribution is 2.26. The topological polar surface area (TPSA) is 54.3 Å². The van der Waals surface area contributed by atoms with Crippen molar-refractivity contribution in [3.05, 3.63) is 65.2 Å². The fourth-order valence-corrected chi connectivity index (χ4v) is 3.37. The molecule has 0 fully saturated rings. The Morgan fingerprint density at radius 2 is 2.04 bits per heavy atom. The van der Waals surface area contributed by atoms with E-state index in [4.69, 9.17) is 9.57 Å². The monoisotopic (exact) mass is 338 g/mol. The molecule has 0 bridgehead atoms. The number of oxime groups is 1. The lowest BCUT2D eigenvalue weighted by atomic mass is 10.0. The van der Waals surface area contributed by atoms with Crippen molar-refractivity contribution in [2.24, 2.45) is 5.16 Å². The first-order chi connectivity index (χ1) is 12.3. The van der Waals surface area contributed by atoms with Crippen LogP contribution in [-0.2, 0) is 18.0 Å². The molecule has 2 aromatic carbocycles. The molecule has 1 N–H and O–H groups in total. The zero-order chi connectivity index (χ0) is 17.1. The number of hydrogen-bond donors (Lipinski definition) is 1. The summed E-state index contributed by atoms with van der Waals surface area (Å²) in [6.07, 6.45) is 0.892. The molecule has 5 nitrogen and oxygen atoms in total. The van der Waals surface area contributed by atoms with Crippen molar-refractivity contribution in [2.75, 3.05) is 19.7 Å². The number of hydrogen-bond acceptors (Lipinski definition) is 5. The summed E-state index contributed by atoms with van der Waals surface area (Å²) in [4.78, 5) is 8.00. The van der Waals surface area contributed by atoms with Crippen molar-refractivity contribution in [3.8, 4) is 5.75 Å². The van der Waals surface area contributed by atoms with E-state index in [0.29, 0.717) is 6.61 Å². The highest BCUT2D eigenvalue weighted by Gasteiger charge is 2.26. The normalized spacial score (nSPS) is 20.2. The quantitative estimate of drug-likeness (QED) is 0.931. The van der Waals surface area contributed by atoms with Crippen molar-refractivity contribution >= 4 is 5.71 Å². The summed E-state index contributed by atoms with van der Waals surface area (Å²) in [6.45, 7) is 3.16. The second-order valence-electron chi connectivity index (χ2n) is 6.52. The van der Waals surface area contributed by atoms with Crippen molar-refractivity contribution in [1.29, 1.82) is 0 Å². The van der Waals surface area contributed by atoms with Gasteiger partial charge in [0.05, 0.1) is 12.3 Å². The van der Waals surface area contributed by atoms with E-state index in [-0.39, 0.29) is 12.7 Å². The standard InChI is InChI=1S/C20H22N2O3/c23-14-15-6-7-20-17(10-15)12-22(8-9-24-20)13-18-11-19(21-25-18)16-4-2-1-3-5-16/h1-7,10,18,23H,8-9,11-14H2. The molecule has 2 aromatic rings. The lowest BCUT2D eigenvalue weighted by Crippen LogP contribution is -2.33. The van der Waals surface area contributed by atoms with Crippen LogP contribution in [0.2, 0.25) is 0 Å². The molecule has 0 saturated carbocycles. The summed E-state index contributed by atoms with van der Waals surface area (Å²) in [5, 5.41) is 13.6. The average Bonchev–Trinajstić information content (AvgIpc) is 3.02. The van der Waals surface area contributed by atoms with E-state index in [1.165, 1.54) is 0 Å². The predicted octanol–water partition coefficient (Wildman–Crippen LogP) is 2.57. The van der Waals surface area contributed by atoms with Gasteiger partial charge < -0.3 is 14.7 Å². The first-order valence-electron chi connectivity index (χ1n) is 8.68. The molecule has 1 atom stereocenters. The van der Waals surface area contributed by atoms with Gasteiger partial charge in [-0.3, -0.25) is 4.90 Å². The molecule has 0 aliphatic carbocycles. The van der Waals surface area contributed by atoms with Gasteiger partial charge in [-0.1, -0.05) is 41.6 Å². The van der Waals surface area contributed by atoms with Crippen molar-refractivity contribution in [2.45, 2.75) is 25.7 Å². The fraction of sp³-hybridized carbons (Fsp3) is 0.350. The van der Waals surface area contributed by atoms with Crippen LogP contribution in [0.4, 0.5) is 0 Å². The maximum Gasteiger partial charge on any atom is 0.145 e. The van der Waals surface area contributed by atoms with E-state index in [0.717, 1.165) is 54.2 Å². The van der Waals surface area contributed by atoms with Gasteiger partial charge in [-0.15, -0.1) is 0 Å². The molecule has 0 aromatic heterocycles. The molecular formula is C20H22N2O3. The Labute approximate surface area is 147 Å². The van der Waals surface area contributed by atoms with Crippen LogP contribution in [0.3, 0.4) is 0 Å². The molecular weight excluding hydrogens is 316 g/mol. The average molecular weight is 338 g/mol. The summed E-state index contributed by atoms with van der Waals surface area (Å²) in [5.74, 6) is 0.910. The summed E-state index contributed by atoms with van der Waals surface area (Å²) in [6, 6.07) is 16.1. The number of benzene rings is 2. The van der Waals surface area contributed by atoms with Crippen LogP contribution >= 0.6 is 0 Å². The molecule has 0 spiro atoms. The second-order valence-corrected chi connectivity index (χ2v) is 6.52. The number of rotatable bonds is 4. The Kier molecular flexibility index (Phi) is 4.68. The molecule has 0 amide bonds. The van der Waals surface area contributed by atoms with E-state index in [9.17, 15) is 5.11 Å². The minimum atomic E-state index is 0.0489. The second kappa shape index (κ2) is 7.25. The maximum atomic E-state index is 9.35. The van der Waals surface area contributed by atoms with Crippen molar-refractivity contribution < 1.29 is 14.7 Å². The SMILES string of the molecule is OCc1ccc2c(c1)CN(CC1CC(c3ccccc3)=NO1)CCO2. The summed E-state index contributed by atoms with van der Waals surface area (Å²) < 4.78 is 5.84. The van der Waals surface area contributed by atoms with E-state index in [1.54, 1.807) is 0 Å². The zero-order valence-electron chi connectivity index (χ0n) is 14.1. The molecule has 2 aliphatic rings. The van der Waals surface area contributed by atoms with Gasteiger partial charge in [0, 0.05) is 31.6 Å². The lowest BCUT2D eigenvalue weighted by molar-refractivity contribution is 0.0489. The number of fused-ring (bicyclic) bond motifs is 1. The Balaban J connectivity index is 1.40. The number of ether oxygens (including phenoxy) is 1. The third-order valence-corrected chi connectivity index (χ3v) is 4.67. The van der Waals surface area contributed by atoms with Gasteiger partial charge in [-0.2, -0.15) is 0 Å². The van der Waals surface area contributed by atoms with Crippen molar-refractivity contribution in [3.63, 3.8) is 0 Å². The Morgan fingerprint density at radius 1 is 1.16 bits per heavy atom. The van der Waals surface area contributed by atoms with Crippen molar-refractivity contribution in [1.82, 2.24) is 4.90 Å².